The number of ether oxygens (including phenoxy) is 2. The van der Waals surface area contributed by atoms with Gasteiger partial charge in [-0.3, -0.25) is 0 Å². The van der Waals surface area contributed by atoms with Gasteiger partial charge in [0.25, 0.3) is 0 Å². The van der Waals surface area contributed by atoms with E-state index < -0.39 is 0 Å². The first kappa shape index (κ1) is 19.3. The Morgan fingerprint density at radius 3 is 2.89 bits per heavy atom. The van der Waals surface area contributed by atoms with Crippen molar-refractivity contribution in [1.82, 2.24) is 9.97 Å². The van der Waals surface area contributed by atoms with Crippen LogP contribution in [0, 0.1) is 29.5 Å². The maximum atomic E-state index is 13.4. The van der Waals surface area contributed by atoms with Gasteiger partial charge in [-0.1, -0.05) is 17.5 Å². The van der Waals surface area contributed by atoms with Crippen LogP contribution in [-0.4, -0.2) is 23.2 Å². The fourth-order valence-electron chi connectivity index (χ4n) is 2.62. The second kappa shape index (κ2) is 8.47. The maximum Gasteiger partial charge on any atom is 0.181 e. The molecule has 0 bridgehead atoms. The summed E-state index contributed by atoms with van der Waals surface area (Å²) in [6, 6.07) is 9.60. The van der Waals surface area contributed by atoms with Gasteiger partial charge in [-0.05, 0) is 48.9 Å². The number of nitrogens with one attached hydrogen (secondary N) is 1. The van der Waals surface area contributed by atoms with Crippen molar-refractivity contribution in [3.8, 4) is 29.9 Å². The Bertz CT molecular complexity index is 1140. The van der Waals surface area contributed by atoms with Crippen LogP contribution in [-0.2, 0) is 0 Å². The molecule has 1 aromatic heterocycles. The first-order valence-corrected chi connectivity index (χ1v) is 8.73. The number of hydrogen-bond donors (Lipinski definition) is 1. The third-order valence-corrected chi connectivity index (χ3v) is 4.04. The largest absolute Gasteiger partial charge is 0.490 e. The molecule has 0 aliphatic rings. The van der Waals surface area contributed by atoms with Crippen molar-refractivity contribution >= 4 is 34.3 Å². The second-order valence-corrected chi connectivity index (χ2v) is 6.08. The summed E-state index contributed by atoms with van der Waals surface area (Å²) in [5.74, 6) is 3.07. The van der Waals surface area contributed by atoms with Crippen LogP contribution in [0.3, 0.4) is 0 Å². The van der Waals surface area contributed by atoms with Gasteiger partial charge < -0.3 is 14.5 Å². The standard InChI is InChI=1S/C21H15ClFN3O2/c1-3-7-28-20-16(22)9-13(10-19(20)27-4-2)8-14(12-24)21-25-17-6-5-15(23)11-18(17)26-21/h1,5-6,8-11H,4,7H2,2H3,(H,25,26)/b14-8-. The van der Waals surface area contributed by atoms with Crippen LogP contribution in [0.2, 0.25) is 5.02 Å². The first-order chi connectivity index (χ1) is 13.5. The lowest BCUT2D eigenvalue weighted by Gasteiger charge is -2.13. The van der Waals surface area contributed by atoms with Crippen molar-refractivity contribution in [3.05, 3.63) is 52.6 Å². The smallest absolute Gasteiger partial charge is 0.181 e. The molecule has 0 saturated carbocycles. The molecule has 5 nitrogen and oxygen atoms in total. The van der Waals surface area contributed by atoms with Crippen molar-refractivity contribution in [2.75, 3.05) is 13.2 Å². The number of nitrogens with zero attached hydrogens (tertiary/aromatic N) is 2. The average molecular weight is 396 g/mol. The minimum absolute atomic E-state index is 0.0496. The predicted molar refractivity (Wildman–Crippen MR) is 106 cm³/mol. The normalized spacial score (nSPS) is 11.1. The van der Waals surface area contributed by atoms with Crippen molar-refractivity contribution in [1.29, 1.82) is 5.26 Å². The first-order valence-electron chi connectivity index (χ1n) is 8.35. The molecule has 7 heteroatoms. The zero-order valence-electron chi connectivity index (χ0n) is 14.9. The minimum atomic E-state index is -0.388. The number of rotatable bonds is 6. The van der Waals surface area contributed by atoms with Crippen LogP contribution in [0.1, 0.15) is 18.3 Å². The Hall–Kier alpha value is -3.48. The molecular weight excluding hydrogens is 381 g/mol. The molecule has 1 heterocycles. The number of halogens is 2. The number of nitriles is 1. The van der Waals surface area contributed by atoms with E-state index in [2.05, 4.69) is 22.0 Å². The Morgan fingerprint density at radius 1 is 1.36 bits per heavy atom. The van der Waals surface area contributed by atoms with Crippen molar-refractivity contribution < 1.29 is 13.9 Å². The summed E-state index contributed by atoms with van der Waals surface area (Å²) in [6.07, 6.45) is 6.84. The van der Waals surface area contributed by atoms with Gasteiger partial charge in [0.2, 0.25) is 0 Å². The van der Waals surface area contributed by atoms with Crippen LogP contribution in [0.5, 0.6) is 11.5 Å². The molecule has 3 aromatic rings. The van der Waals surface area contributed by atoms with Crippen molar-refractivity contribution in [2.45, 2.75) is 6.92 Å². The van der Waals surface area contributed by atoms with Crippen LogP contribution < -0.4 is 9.47 Å². The number of hydrogen-bond acceptors (Lipinski definition) is 4. The van der Waals surface area contributed by atoms with Crippen LogP contribution in [0.4, 0.5) is 4.39 Å². The SMILES string of the molecule is C#CCOc1c(Cl)cc(/C=C(/C#N)c2nc3ccc(F)cc3[nH]2)cc1OCC. The lowest BCUT2D eigenvalue weighted by Crippen LogP contribution is -2.00. The molecule has 2 aromatic carbocycles. The van der Waals surface area contributed by atoms with Crippen LogP contribution in [0.25, 0.3) is 22.7 Å². The highest BCUT2D eigenvalue weighted by Gasteiger charge is 2.14. The summed E-state index contributed by atoms with van der Waals surface area (Å²) in [7, 11) is 0. The molecule has 0 amide bonds. The molecule has 140 valence electrons. The van der Waals surface area contributed by atoms with E-state index in [0.717, 1.165) is 0 Å². The highest BCUT2D eigenvalue weighted by Crippen LogP contribution is 2.37. The van der Waals surface area contributed by atoms with Gasteiger partial charge in [0.05, 0.1) is 28.2 Å². The summed E-state index contributed by atoms with van der Waals surface area (Å²) in [5, 5.41) is 9.87. The van der Waals surface area contributed by atoms with Gasteiger partial charge in [-0.2, -0.15) is 5.26 Å². The van der Waals surface area contributed by atoms with Gasteiger partial charge >= 0.3 is 0 Å². The molecule has 0 saturated heterocycles. The van der Waals surface area contributed by atoms with Gasteiger partial charge in [0.1, 0.15) is 24.3 Å². The lowest BCUT2D eigenvalue weighted by atomic mass is 10.1. The Labute approximate surface area is 166 Å². The highest BCUT2D eigenvalue weighted by molar-refractivity contribution is 6.32. The van der Waals surface area contributed by atoms with E-state index in [-0.39, 0.29) is 18.0 Å². The maximum absolute atomic E-state index is 13.4. The third kappa shape index (κ3) is 4.09. The van der Waals surface area contributed by atoms with E-state index in [1.165, 1.54) is 12.1 Å². The lowest BCUT2D eigenvalue weighted by molar-refractivity contribution is 0.299. The molecule has 3 rings (SSSR count). The second-order valence-electron chi connectivity index (χ2n) is 5.67. The molecule has 28 heavy (non-hydrogen) atoms. The number of aromatic nitrogens is 2. The van der Waals surface area contributed by atoms with E-state index >= 15 is 0 Å². The Morgan fingerprint density at radius 2 is 2.18 bits per heavy atom. The number of benzene rings is 2. The fourth-order valence-corrected chi connectivity index (χ4v) is 2.89. The predicted octanol–water partition coefficient (Wildman–Crippen LogP) is 4.83. The van der Waals surface area contributed by atoms with E-state index in [0.29, 0.717) is 45.5 Å². The summed E-state index contributed by atoms with van der Waals surface area (Å²) >= 11 is 6.31. The highest BCUT2D eigenvalue weighted by atomic mass is 35.5. The molecule has 0 spiro atoms. The summed E-state index contributed by atoms with van der Waals surface area (Å²) < 4.78 is 24.4. The van der Waals surface area contributed by atoms with Gasteiger partial charge in [-0.15, -0.1) is 6.42 Å². The Kier molecular flexibility index (Phi) is 5.84. The molecule has 0 unspecified atom stereocenters. The number of fused-ring (bicyclic) bond motifs is 1. The number of terminal acetylenes is 1. The summed E-state index contributed by atoms with van der Waals surface area (Å²) in [5.41, 5.74) is 1.93. The van der Waals surface area contributed by atoms with Crippen molar-refractivity contribution in [2.24, 2.45) is 0 Å². The van der Waals surface area contributed by atoms with Crippen LogP contribution in [0.15, 0.2) is 30.3 Å². The number of allylic oxidation sites excluding steroid dienone is 1. The number of H-pyrrole nitrogens is 1. The summed E-state index contributed by atoms with van der Waals surface area (Å²) in [6.45, 7) is 2.28. The zero-order chi connectivity index (χ0) is 20.1. The Balaban J connectivity index is 2.03. The van der Waals surface area contributed by atoms with E-state index in [9.17, 15) is 9.65 Å². The monoisotopic (exact) mass is 395 g/mol. The molecule has 0 aliphatic carbocycles. The quantitative estimate of drug-likeness (QED) is 0.479. The van der Waals surface area contributed by atoms with E-state index in [1.54, 1.807) is 24.3 Å². The van der Waals surface area contributed by atoms with Gasteiger partial charge in [0.15, 0.2) is 11.5 Å². The van der Waals surface area contributed by atoms with Gasteiger partial charge in [-0.25, -0.2) is 9.37 Å². The summed E-state index contributed by atoms with van der Waals surface area (Å²) in [4.78, 5) is 7.28. The topological polar surface area (TPSA) is 70.9 Å². The molecule has 0 radical (unpaired) electrons. The molecule has 1 N–H and O–H groups in total. The zero-order valence-corrected chi connectivity index (χ0v) is 15.7. The third-order valence-electron chi connectivity index (χ3n) is 3.76. The van der Waals surface area contributed by atoms with Gasteiger partial charge in [0, 0.05) is 0 Å². The molecule has 0 fully saturated rings. The number of aromatic amines is 1. The van der Waals surface area contributed by atoms with Crippen molar-refractivity contribution in [3.63, 3.8) is 0 Å². The minimum Gasteiger partial charge on any atom is -0.490 e. The fraction of sp³-hybridized carbons (Fsp3) is 0.143. The molecule has 0 aliphatic heterocycles. The number of imidazole rings is 1. The van der Waals surface area contributed by atoms with E-state index in [1.807, 2.05) is 6.92 Å². The molecule has 0 atom stereocenters. The van der Waals surface area contributed by atoms with Crippen LogP contribution >= 0.6 is 11.6 Å². The average Bonchev–Trinajstić information content (AvgIpc) is 3.08. The van der Waals surface area contributed by atoms with E-state index in [4.69, 9.17) is 27.5 Å². The molecular formula is C21H15ClFN3O2.